The lowest BCUT2D eigenvalue weighted by Crippen LogP contribution is -2.24. The maximum atomic E-state index is 9.31. The van der Waals surface area contributed by atoms with Gasteiger partial charge in [-0.25, -0.2) is 0 Å². The van der Waals surface area contributed by atoms with Crippen molar-refractivity contribution in [1.29, 1.82) is 0 Å². The van der Waals surface area contributed by atoms with Crippen LogP contribution in [0, 0.1) is 6.92 Å². The molecule has 12 heavy (non-hydrogen) atoms. The number of thioether (sulfide) groups is 1. The molecule has 1 aromatic rings. The number of fused-ring (bicyclic) bond motifs is 1. The van der Waals surface area contributed by atoms with Crippen molar-refractivity contribution >= 4 is 17.4 Å². The standard InChI is InChI=1S/C9H11NOS/c1-6-2-3-8-7(4-6)10-9(11)5-12-8/h2-4,9-11H,5H2,1H3. The minimum absolute atomic E-state index is 0.399. The molecular weight excluding hydrogens is 170 g/mol. The first-order valence-corrected chi connectivity index (χ1v) is 4.92. The number of rotatable bonds is 0. The topological polar surface area (TPSA) is 32.3 Å². The van der Waals surface area contributed by atoms with Crippen LogP contribution in [0.1, 0.15) is 5.56 Å². The maximum absolute atomic E-state index is 9.31. The molecule has 0 aliphatic carbocycles. The highest BCUT2D eigenvalue weighted by atomic mass is 32.2. The van der Waals surface area contributed by atoms with Gasteiger partial charge in [-0.2, -0.15) is 0 Å². The SMILES string of the molecule is Cc1ccc2c(c1)NC(O)CS2. The van der Waals surface area contributed by atoms with Crippen LogP contribution in [0.25, 0.3) is 0 Å². The predicted octanol–water partition coefficient (Wildman–Crippen LogP) is 1.83. The maximum Gasteiger partial charge on any atom is 0.134 e. The highest BCUT2D eigenvalue weighted by Gasteiger charge is 2.14. The Hall–Kier alpha value is -0.670. The number of hydrogen-bond acceptors (Lipinski definition) is 3. The van der Waals surface area contributed by atoms with Gasteiger partial charge in [0, 0.05) is 10.6 Å². The van der Waals surface area contributed by atoms with Crippen molar-refractivity contribution in [1.82, 2.24) is 0 Å². The Kier molecular flexibility index (Phi) is 1.98. The summed E-state index contributed by atoms with van der Waals surface area (Å²) in [5, 5.41) is 12.4. The van der Waals surface area contributed by atoms with Crippen molar-refractivity contribution in [3.8, 4) is 0 Å². The van der Waals surface area contributed by atoms with E-state index in [-0.39, 0.29) is 0 Å². The molecule has 0 aromatic heterocycles. The summed E-state index contributed by atoms with van der Waals surface area (Å²) < 4.78 is 0. The van der Waals surface area contributed by atoms with E-state index in [1.807, 2.05) is 6.92 Å². The van der Waals surface area contributed by atoms with Gasteiger partial charge in [-0.1, -0.05) is 6.07 Å². The average molecular weight is 181 g/mol. The van der Waals surface area contributed by atoms with Gasteiger partial charge in [-0.3, -0.25) is 0 Å². The van der Waals surface area contributed by atoms with E-state index in [4.69, 9.17) is 0 Å². The molecule has 64 valence electrons. The van der Waals surface area contributed by atoms with Crippen LogP contribution < -0.4 is 5.32 Å². The molecule has 0 fully saturated rings. The summed E-state index contributed by atoms with van der Waals surface area (Å²) in [5.41, 5.74) is 2.27. The van der Waals surface area contributed by atoms with E-state index in [0.717, 1.165) is 11.4 Å². The second kappa shape index (κ2) is 2.99. The van der Waals surface area contributed by atoms with Crippen LogP contribution in [0.2, 0.25) is 0 Å². The first-order valence-electron chi connectivity index (χ1n) is 3.94. The van der Waals surface area contributed by atoms with Gasteiger partial charge in [0.05, 0.1) is 5.69 Å². The normalized spacial score (nSPS) is 21.3. The molecule has 0 bridgehead atoms. The fourth-order valence-corrected chi connectivity index (χ4v) is 2.13. The number of hydrogen-bond donors (Lipinski definition) is 2. The molecule has 3 heteroatoms. The first-order chi connectivity index (χ1) is 5.75. The number of nitrogens with one attached hydrogen (secondary N) is 1. The fourth-order valence-electron chi connectivity index (χ4n) is 1.27. The summed E-state index contributed by atoms with van der Waals surface area (Å²) >= 11 is 1.69. The lowest BCUT2D eigenvalue weighted by Gasteiger charge is -2.22. The predicted molar refractivity (Wildman–Crippen MR) is 51.5 cm³/mol. The summed E-state index contributed by atoms with van der Waals surface area (Å²) in [6, 6.07) is 6.24. The van der Waals surface area contributed by atoms with Crippen LogP contribution in [0.3, 0.4) is 0 Å². The van der Waals surface area contributed by atoms with Gasteiger partial charge in [0.15, 0.2) is 0 Å². The van der Waals surface area contributed by atoms with E-state index in [0.29, 0.717) is 0 Å². The molecule has 1 aliphatic rings. The second-order valence-electron chi connectivity index (χ2n) is 2.97. The van der Waals surface area contributed by atoms with E-state index in [2.05, 4.69) is 23.5 Å². The summed E-state index contributed by atoms with van der Waals surface area (Å²) in [6.45, 7) is 2.05. The molecule has 1 unspecified atom stereocenters. The molecule has 0 saturated carbocycles. The molecule has 1 aliphatic heterocycles. The van der Waals surface area contributed by atoms with Gasteiger partial charge in [0.25, 0.3) is 0 Å². The van der Waals surface area contributed by atoms with Crippen LogP contribution >= 0.6 is 11.8 Å². The van der Waals surface area contributed by atoms with Crippen molar-refractivity contribution in [3.63, 3.8) is 0 Å². The third kappa shape index (κ3) is 1.42. The first kappa shape index (κ1) is 7.95. The summed E-state index contributed by atoms with van der Waals surface area (Å²) in [5.74, 6) is 0.732. The monoisotopic (exact) mass is 181 g/mol. The average Bonchev–Trinajstić information content (AvgIpc) is 2.03. The highest BCUT2D eigenvalue weighted by molar-refractivity contribution is 7.99. The van der Waals surface area contributed by atoms with Crippen LogP contribution in [0.4, 0.5) is 5.69 Å². The molecule has 0 saturated heterocycles. The summed E-state index contributed by atoms with van der Waals surface area (Å²) in [7, 11) is 0. The van der Waals surface area contributed by atoms with Crippen molar-refractivity contribution in [2.45, 2.75) is 18.0 Å². The smallest absolute Gasteiger partial charge is 0.134 e. The van der Waals surface area contributed by atoms with Gasteiger partial charge in [-0.05, 0) is 24.6 Å². The summed E-state index contributed by atoms with van der Waals surface area (Å²) in [6.07, 6.45) is -0.399. The number of aryl methyl sites for hydroxylation is 1. The Morgan fingerprint density at radius 1 is 1.58 bits per heavy atom. The zero-order valence-corrected chi connectivity index (χ0v) is 7.69. The molecule has 0 radical (unpaired) electrons. The van der Waals surface area contributed by atoms with Crippen molar-refractivity contribution in [3.05, 3.63) is 23.8 Å². The van der Waals surface area contributed by atoms with E-state index >= 15 is 0 Å². The van der Waals surface area contributed by atoms with Gasteiger partial charge >= 0.3 is 0 Å². The van der Waals surface area contributed by atoms with E-state index in [9.17, 15) is 5.11 Å². The number of anilines is 1. The lowest BCUT2D eigenvalue weighted by atomic mass is 10.2. The van der Waals surface area contributed by atoms with Gasteiger partial charge in [0.1, 0.15) is 6.23 Å². The molecule has 2 rings (SSSR count). The Morgan fingerprint density at radius 3 is 3.25 bits per heavy atom. The Bertz CT molecular complexity index is 301. The zero-order chi connectivity index (χ0) is 8.55. The molecular formula is C9H11NOS. The third-order valence-electron chi connectivity index (χ3n) is 1.85. The Morgan fingerprint density at radius 2 is 2.42 bits per heavy atom. The van der Waals surface area contributed by atoms with Crippen LogP contribution in [0.5, 0.6) is 0 Å². The Balaban J connectivity index is 2.37. The van der Waals surface area contributed by atoms with Crippen molar-refractivity contribution in [2.75, 3.05) is 11.1 Å². The van der Waals surface area contributed by atoms with Crippen LogP contribution in [0.15, 0.2) is 23.1 Å². The second-order valence-corrected chi connectivity index (χ2v) is 4.03. The molecule has 2 nitrogen and oxygen atoms in total. The fraction of sp³-hybridized carbons (Fsp3) is 0.333. The highest BCUT2D eigenvalue weighted by Crippen LogP contribution is 2.32. The third-order valence-corrected chi connectivity index (χ3v) is 3.00. The molecule has 1 atom stereocenters. The molecule has 0 amide bonds. The summed E-state index contributed by atoms with van der Waals surface area (Å²) in [4.78, 5) is 1.23. The largest absolute Gasteiger partial charge is 0.373 e. The molecule has 0 spiro atoms. The Labute approximate surface area is 76.0 Å². The lowest BCUT2D eigenvalue weighted by molar-refractivity contribution is 0.227. The number of aliphatic hydroxyl groups is 1. The van der Waals surface area contributed by atoms with Crippen LogP contribution in [-0.4, -0.2) is 17.1 Å². The minimum atomic E-state index is -0.399. The molecule has 1 heterocycles. The van der Waals surface area contributed by atoms with Gasteiger partial charge in [0.2, 0.25) is 0 Å². The number of aliphatic hydroxyl groups excluding tert-OH is 1. The minimum Gasteiger partial charge on any atom is -0.373 e. The van der Waals surface area contributed by atoms with Crippen molar-refractivity contribution < 1.29 is 5.11 Å². The van der Waals surface area contributed by atoms with Gasteiger partial charge < -0.3 is 10.4 Å². The quantitative estimate of drug-likeness (QED) is 0.640. The number of benzene rings is 1. The van der Waals surface area contributed by atoms with E-state index in [1.54, 1.807) is 11.8 Å². The van der Waals surface area contributed by atoms with E-state index < -0.39 is 6.23 Å². The molecule has 2 N–H and O–H groups in total. The van der Waals surface area contributed by atoms with E-state index in [1.165, 1.54) is 10.5 Å². The molecule has 1 aromatic carbocycles. The van der Waals surface area contributed by atoms with Crippen molar-refractivity contribution in [2.24, 2.45) is 0 Å². The van der Waals surface area contributed by atoms with Crippen LogP contribution in [-0.2, 0) is 0 Å². The zero-order valence-electron chi connectivity index (χ0n) is 6.87. The van der Waals surface area contributed by atoms with Gasteiger partial charge in [-0.15, -0.1) is 11.8 Å².